The highest BCUT2D eigenvalue weighted by atomic mass is 32.2. The van der Waals surface area contributed by atoms with E-state index in [1.54, 1.807) is 37.4 Å². The third kappa shape index (κ3) is 4.43. The predicted octanol–water partition coefficient (Wildman–Crippen LogP) is 2.90. The second-order valence-electron chi connectivity index (χ2n) is 6.05. The SMILES string of the molecule is CCS(=O)(=O)c1ccccc1C(=O)OCc1nc(-c2ccc(OC)cc2OC)no1. The average Bonchev–Trinajstić information content (AvgIpc) is 3.25. The Morgan fingerprint density at radius 1 is 1.10 bits per heavy atom. The molecule has 0 aliphatic heterocycles. The zero-order chi connectivity index (χ0) is 21.7. The van der Waals surface area contributed by atoms with Crippen LogP contribution in [0.2, 0.25) is 0 Å². The Morgan fingerprint density at radius 3 is 2.57 bits per heavy atom. The van der Waals surface area contributed by atoms with Gasteiger partial charge in [0.25, 0.3) is 5.89 Å². The van der Waals surface area contributed by atoms with E-state index in [-0.39, 0.29) is 34.5 Å². The fourth-order valence-corrected chi connectivity index (χ4v) is 3.76. The lowest BCUT2D eigenvalue weighted by Crippen LogP contribution is -2.13. The van der Waals surface area contributed by atoms with Crippen LogP contribution in [0.5, 0.6) is 11.5 Å². The van der Waals surface area contributed by atoms with Gasteiger partial charge in [-0.2, -0.15) is 4.98 Å². The molecule has 158 valence electrons. The number of aromatic nitrogens is 2. The minimum atomic E-state index is -3.58. The van der Waals surface area contributed by atoms with Crippen molar-refractivity contribution >= 4 is 15.8 Å². The summed E-state index contributed by atoms with van der Waals surface area (Å²) in [6, 6.07) is 11.0. The summed E-state index contributed by atoms with van der Waals surface area (Å²) in [6.07, 6.45) is 0. The van der Waals surface area contributed by atoms with E-state index in [1.807, 2.05) is 0 Å². The molecule has 1 aromatic heterocycles. The van der Waals surface area contributed by atoms with Crippen LogP contribution in [-0.2, 0) is 21.2 Å². The number of sulfone groups is 1. The van der Waals surface area contributed by atoms with Gasteiger partial charge in [-0.25, -0.2) is 13.2 Å². The second kappa shape index (κ2) is 8.95. The van der Waals surface area contributed by atoms with Gasteiger partial charge >= 0.3 is 5.97 Å². The van der Waals surface area contributed by atoms with Crippen LogP contribution < -0.4 is 9.47 Å². The molecular formula is C20H20N2O7S. The van der Waals surface area contributed by atoms with E-state index in [4.69, 9.17) is 18.7 Å². The monoisotopic (exact) mass is 432 g/mol. The molecule has 2 aromatic carbocycles. The van der Waals surface area contributed by atoms with Crippen LogP contribution in [-0.4, -0.2) is 44.5 Å². The van der Waals surface area contributed by atoms with Gasteiger partial charge in [0.2, 0.25) is 5.82 Å². The van der Waals surface area contributed by atoms with Crippen LogP contribution in [0.1, 0.15) is 23.2 Å². The van der Waals surface area contributed by atoms with Gasteiger partial charge in [-0.05, 0) is 24.3 Å². The lowest BCUT2D eigenvalue weighted by atomic mass is 10.2. The Balaban J connectivity index is 1.77. The van der Waals surface area contributed by atoms with Gasteiger partial charge in [-0.1, -0.05) is 24.2 Å². The molecule has 3 aromatic rings. The summed E-state index contributed by atoms with van der Waals surface area (Å²) in [7, 11) is -0.535. The van der Waals surface area contributed by atoms with Crippen LogP contribution in [0.4, 0.5) is 0 Å². The van der Waals surface area contributed by atoms with Crippen molar-refractivity contribution in [2.24, 2.45) is 0 Å². The Kier molecular flexibility index (Phi) is 6.36. The minimum absolute atomic E-state index is 0.0455. The van der Waals surface area contributed by atoms with Crippen molar-refractivity contribution in [3.05, 3.63) is 53.9 Å². The zero-order valence-corrected chi connectivity index (χ0v) is 17.4. The smallest absolute Gasteiger partial charge is 0.339 e. The van der Waals surface area contributed by atoms with Gasteiger partial charge in [-0.3, -0.25) is 0 Å². The number of carbonyl (C=O) groups is 1. The first kappa shape index (κ1) is 21.3. The van der Waals surface area contributed by atoms with E-state index in [1.165, 1.54) is 26.2 Å². The van der Waals surface area contributed by atoms with Gasteiger partial charge in [0.05, 0.1) is 36.0 Å². The molecule has 30 heavy (non-hydrogen) atoms. The highest BCUT2D eigenvalue weighted by Crippen LogP contribution is 2.31. The lowest BCUT2D eigenvalue weighted by molar-refractivity contribution is 0.0425. The third-order valence-corrected chi connectivity index (χ3v) is 6.05. The minimum Gasteiger partial charge on any atom is -0.497 e. The van der Waals surface area contributed by atoms with E-state index in [0.717, 1.165) is 0 Å². The molecule has 0 saturated carbocycles. The molecule has 0 bridgehead atoms. The van der Waals surface area contributed by atoms with Gasteiger partial charge in [0.1, 0.15) is 11.5 Å². The first-order valence-electron chi connectivity index (χ1n) is 8.93. The molecule has 0 saturated heterocycles. The van der Waals surface area contributed by atoms with Crippen LogP contribution in [0.25, 0.3) is 11.4 Å². The van der Waals surface area contributed by atoms with E-state index in [2.05, 4.69) is 10.1 Å². The summed E-state index contributed by atoms with van der Waals surface area (Å²) in [4.78, 5) is 16.6. The largest absolute Gasteiger partial charge is 0.497 e. The summed E-state index contributed by atoms with van der Waals surface area (Å²) in [6.45, 7) is 1.19. The Hall–Kier alpha value is -3.40. The van der Waals surface area contributed by atoms with Crippen molar-refractivity contribution in [1.29, 1.82) is 0 Å². The van der Waals surface area contributed by atoms with E-state index in [9.17, 15) is 13.2 Å². The van der Waals surface area contributed by atoms with E-state index in [0.29, 0.717) is 17.1 Å². The lowest BCUT2D eigenvalue weighted by Gasteiger charge is -2.08. The number of hydrogen-bond donors (Lipinski definition) is 0. The molecule has 0 amide bonds. The maximum absolute atomic E-state index is 12.4. The van der Waals surface area contributed by atoms with Crippen LogP contribution >= 0.6 is 0 Å². The molecular weight excluding hydrogens is 412 g/mol. The number of carbonyl (C=O) groups excluding carboxylic acids is 1. The quantitative estimate of drug-likeness (QED) is 0.495. The van der Waals surface area contributed by atoms with Crippen LogP contribution in [0.15, 0.2) is 51.9 Å². The van der Waals surface area contributed by atoms with Crippen molar-refractivity contribution < 1.29 is 31.9 Å². The molecule has 0 aliphatic carbocycles. The molecule has 0 N–H and O–H groups in total. The Labute approximate surface area is 173 Å². The van der Waals surface area contributed by atoms with Crippen LogP contribution in [0.3, 0.4) is 0 Å². The van der Waals surface area contributed by atoms with Gasteiger partial charge in [0, 0.05) is 6.07 Å². The van der Waals surface area contributed by atoms with Crippen molar-refractivity contribution in [1.82, 2.24) is 10.1 Å². The number of rotatable bonds is 8. The molecule has 10 heteroatoms. The summed E-state index contributed by atoms with van der Waals surface area (Å²) in [5.41, 5.74) is 0.523. The fraction of sp³-hybridized carbons (Fsp3) is 0.250. The van der Waals surface area contributed by atoms with Crippen molar-refractivity contribution in [2.45, 2.75) is 18.4 Å². The standard InChI is InChI=1S/C20H20N2O7S/c1-4-30(24,25)17-8-6-5-7-15(17)20(23)28-12-18-21-19(22-29-18)14-10-9-13(26-2)11-16(14)27-3/h5-11H,4,12H2,1-3H3. The number of nitrogens with zero attached hydrogens (tertiary/aromatic N) is 2. The van der Waals surface area contributed by atoms with Crippen molar-refractivity contribution in [3.8, 4) is 22.9 Å². The summed E-state index contributed by atoms with van der Waals surface area (Å²) in [5, 5.41) is 3.88. The van der Waals surface area contributed by atoms with Crippen LogP contribution in [0, 0.1) is 0 Å². The van der Waals surface area contributed by atoms with Gasteiger partial charge in [-0.15, -0.1) is 0 Å². The first-order valence-corrected chi connectivity index (χ1v) is 10.6. The van der Waals surface area contributed by atoms with Gasteiger partial charge < -0.3 is 18.7 Å². The molecule has 0 radical (unpaired) electrons. The summed E-state index contributed by atoms with van der Waals surface area (Å²) in [5.74, 6) is 0.450. The number of methoxy groups -OCH3 is 2. The van der Waals surface area contributed by atoms with Gasteiger partial charge in [0.15, 0.2) is 16.4 Å². The number of benzene rings is 2. The number of ether oxygens (including phenoxy) is 3. The molecule has 1 heterocycles. The second-order valence-corrected chi connectivity index (χ2v) is 8.30. The summed E-state index contributed by atoms with van der Waals surface area (Å²) >= 11 is 0. The average molecular weight is 432 g/mol. The third-order valence-electron chi connectivity index (χ3n) is 4.27. The molecule has 9 nitrogen and oxygen atoms in total. The topological polar surface area (TPSA) is 118 Å². The maximum Gasteiger partial charge on any atom is 0.339 e. The first-order chi connectivity index (χ1) is 14.4. The molecule has 0 unspecified atom stereocenters. The van der Waals surface area contributed by atoms with E-state index >= 15 is 0 Å². The molecule has 3 rings (SSSR count). The molecule has 0 spiro atoms. The zero-order valence-electron chi connectivity index (χ0n) is 16.6. The predicted molar refractivity (Wildman–Crippen MR) is 106 cm³/mol. The normalized spacial score (nSPS) is 11.2. The molecule has 0 fully saturated rings. The maximum atomic E-state index is 12.4. The number of hydrogen-bond acceptors (Lipinski definition) is 9. The van der Waals surface area contributed by atoms with Crippen molar-refractivity contribution in [2.75, 3.05) is 20.0 Å². The Morgan fingerprint density at radius 2 is 1.87 bits per heavy atom. The van der Waals surface area contributed by atoms with Crippen molar-refractivity contribution in [3.63, 3.8) is 0 Å². The number of esters is 1. The fourth-order valence-electron chi connectivity index (χ4n) is 2.67. The summed E-state index contributed by atoms with van der Waals surface area (Å²) < 4.78 is 45.2. The molecule has 0 atom stereocenters. The Bertz CT molecular complexity index is 1160. The highest BCUT2D eigenvalue weighted by Gasteiger charge is 2.22. The highest BCUT2D eigenvalue weighted by molar-refractivity contribution is 7.91. The van der Waals surface area contributed by atoms with E-state index < -0.39 is 15.8 Å². The molecule has 0 aliphatic rings.